The van der Waals surface area contributed by atoms with Crippen molar-refractivity contribution < 1.29 is 14.3 Å². The van der Waals surface area contributed by atoms with E-state index in [9.17, 15) is 9.59 Å². The summed E-state index contributed by atoms with van der Waals surface area (Å²) in [6.07, 6.45) is 1.28. The summed E-state index contributed by atoms with van der Waals surface area (Å²) in [6, 6.07) is 12.2. The van der Waals surface area contributed by atoms with Gasteiger partial charge in [0.05, 0.1) is 24.9 Å². The minimum atomic E-state index is -0.578. The van der Waals surface area contributed by atoms with Crippen molar-refractivity contribution in [3.63, 3.8) is 0 Å². The number of nitrogens with one attached hydrogen (secondary N) is 1. The summed E-state index contributed by atoms with van der Waals surface area (Å²) in [6.45, 7) is 0. The van der Waals surface area contributed by atoms with Crippen LogP contribution in [0.1, 0.15) is 10.4 Å². The molecule has 30 heavy (non-hydrogen) atoms. The van der Waals surface area contributed by atoms with E-state index in [2.05, 4.69) is 10.3 Å². The van der Waals surface area contributed by atoms with Crippen molar-refractivity contribution in [3.05, 3.63) is 75.0 Å². The minimum absolute atomic E-state index is 0.0815. The normalized spacial score (nSPS) is 10.8. The quantitative estimate of drug-likeness (QED) is 0.498. The molecule has 0 aliphatic carbocycles. The number of rotatable bonds is 5. The summed E-state index contributed by atoms with van der Waals surface area (Å²) < 4.78 is 11.8. The number of methoxy groups -OCH3 is 2. The molecule has 0 saturated heterocycles. The van der Waals surface area contributed by atoms with E-state index in [1.807, 2.05) is 29.6 Å². The standard InChI is InChI=1S/C21H16ClN3O4S/c1-28-14-5-3-4-12(8-14)17-11-30-21-23-10-15(20(27)25(17)21)19(26)24-13-6-7-18(29-2)16(22)9-13/h3-11H,1-2H3,(H,24,26). The fraction of sp³-hybridized carbons (Fsp3) is 0.0952. The Labute approximate surface area is 180 Å². The number of thiazole rings is 1. The second kappa shape index (κ2) is 8.17. The van der Waals surface area contributed by atoms with Crippen LogP contribution in [0, 0.1) is 0 Å². The molecule has 0 saturated carbocycles. The maximum absolute atomic E-state index is 13.1. The van der Waals surface area contributed by atoms with E-state index >= 15 is 0 Å². The van der Waals surface area contributed by atoms with Gasteiger partial charge in [0, 0.05) is 22.8 Å². The van der Waals surface area contributed by atoms with Crippen molar-refractivity contribution in [2.24, 2.45) is 0 Å². The Morgan fingerprint density at radius 3 is 2.73 bits per heavy atom. The Kier molecular flexibility index (Phi) is 5.43. The lowest BCUT2D eigenvalue weighted by atomic mass is 10.1. The van der Waals surface area contributed by atoms with Crippen LogP contribution in [0.2, 0.25) is 5.02 Å². The second-order valence-corrected chi connectivity index (χ2v) is 7.50. The van der Waals surface area contributed by atoms with Gasteiger partial charge in [0.2, 0.25) is 0 Å². The van der Waals surface area contributed by atoms with Gasteiger partial charge < -0.3 is 14.8 Å². The fourth-order valence-corrected chi connectivity index (χ4v) is 4.09. The SMILES string of the molecule is COc1cccc(-c2csc3ncc(C(=O)Nc4ccc(OC)c(Cl)c4)c(=O)n23)c1. The van der Waals surface area contributed by atoms with Gasteiger partial charge in [0.15, 0.2) is 4.96 Å². The number of aromatic nitrogens is 2. The highest BCUT2D eigenvalue weighted by Gasteiger charge is 2.18. The predicted octanol–water partition coefficient (Wildman–Crippen LogP) is 4.35. The summed E-state index contributed by atoms with van der Waals surface area (Å²) in [4.78, 5) is 30.7. The van der Waals surface area contributed by atoms with Crippen LogP contribution >= 0.6 is 22.9 Å². The molecule has 152 valence electrons. The third-order valence-corrected chi connectivity index (χ3v) is 5.60. The zero-order valence-electron chi connectivity index (χ0n) is 16.0. The third-order valence-electron chi connectivity index (χ3n) is 4.47. The molecule has 1 amide bonds. The lowest BCUT2D eigenvalue weighted by Gasteiger charge is -2.08. The Hall–Kier alpha value is -3.36. The number of amides is 1. The maximum Gasteiger partial charge on any atom is 0.271 e. The van der Waals surface area contributed by atoms with Gasteiger partial charge in [-0.15, -0.1) is 11.3 Å². The lowest BCUT2D eigenvalue weighted by molar-refractivity contribution is 0.102. The van der Waals surface area contributed by atoms with Crippen LogP contribution in [0.5, 0.6) is 11.5 Å². The molecule has 0 bridgehead atoms. The largest absolute Gasteiger partial charge is 0.497 e. The first-order valence-corrected chi connectivity index (χ1v) is 10.1. The minimum Gasteiger partial charge on any atom is -0.497 e. The lowest BCUT2D eigenvalue weighted by Crippen LogP contribution is -2.26. The average Bonchev–Trinajstić information content (AvgIpc) is 3.19. The Morgan fingerprint density at radius 2 is 2.00 bits per heavy atom. The average molecular weight is 442 g/mol. The van der Waals surface area contributed by atoms with Gasteiger partial charge in [-0.2, -0.15) is 0 Å². The molecule has 0 radical (unpaired) electrons. The molecular formula is C21H16ClN3O4S. The summed E-state index contributed by atoms with van der Waals surface area (Å²) >= 11 is 7.42. The number of hydrogen-bond donors (Lipinski definition) is 1. The van der Waals surface area contributed by atoms with Crippen molar-refractivity contribution in [2.75, 3.05) is 19.5 Å². The fourth-order valence-electron chi connectivity index (χ4n) is 2.97. The third kappa shape index (κ3) is 3.62. The molecule has 2 aromatic carbocycles. The van der Waals surface area contributed by atoms with E-state index in [1.54, 1.807) is 25.3 Å². The van der Waals surface area contributed by atoms with Gasteiger partial charge >= 0.3 is 0 Å². The zero-order chi connectivity index (χ0) is 21.3. The molecule has 0 aliphatic rings. The van der Waals surface area contributed by atoms with Crippen LogP contribution in [0.3, 0.4) is 0 Å². The molecule has 7 nitrogen and oxygen atoms in total. The Bertz CT molecular complexity index is 1320. The monoisotopic (exact) mass is 441 g/mol. The van der Waals surface area contributed by atoms with E-state index in [4.69, 9.17) is 21.1 Å². The molecule has 0 spiro atoms. The molecule has 4 aromatic rings. The topological polar surface area (TPSA) is 81.9 Å². The highest BCUT2D eigenvalue weighted by Crippen LogP contribution is 2.28. The van der Waals surface area contributed by atoms with E-state index in [-0.39, 0.29) is 5.56 Å². The molecule has 2 heterocycles. The number of ether oxygens (including phenoxy) is 2. The van der Waals surface area contributed by atoms with Crippen LogP contribution < -0.4 is 20.3 Å². The number of halogens is 1. The van der Waals surface area contributed by atoms with E-state index in [0.29, 0.717) is 32.9 Å². The molecule has 0 aliphatic heterocycles. The number of carbonyl (C=O) groups is 1. The summed E-state index contributed by atoms with van der Waals surface area (Å²) in [5.41, 5.74) is 1.31. The van der Waals surface area contributed by atoms with Crippen LogP contribution in [0.4, 0.5) is 5.69 Å². The molecular weight excluding hydrogens is 426 g/mol. The number of nitrogens with zero attached hydrogens (tertiary/aromatic N) is 2. The molecule has 2 aromatic heterocycles. The van der Waals surface area contributed by atoms with Gasteiger partial charge in [-0.25, -0.2) is 4.98 Å². The van der Waals surface area contributed by atoms with Gasteiger partial charge in [0.25, 0.3) is 11.5 Å². The first-order chi connectivity index (χ1) is 14.5. The Morgan fingerprint density at radius 1 is 1.17 bits per heavy atom. The molecule has 0 fully saturated rings. The number of benzene rings is 2. The zero-order valence-corrected chi connectivity index (χ0v) is 17.6. The molecule has 0 atom stereocenters. The van der Waals surface area contributed by atoms with E-state index in [0.717, 1.165) is 5.56 Å². The smallest absolute Gasteiger partial charge is 0.271 e. The van der Waals surface area contributed by atoms with Crippen molar-refractivity contribution in [3.8, 4) is 22.8 Å². The Balaban J connectivity index is 1.73. The number of carbonyl (C=O) groups excluding carboxylic acids is 1. The molecule has 4 rings (SSSR count). The van der Waals surface area contributed by atoms with E-state index < -0.39 is 11.5 Å². The first kappa shape index (κ1) is 19.9. The highest BCUT2D eigenvalue weighted by molar-refractivity contribution is 7.15. The van der Waals surface area contributed by atoms with Crippen molar-refractivity contribution in [1.82, 2.24) is 9.38 Å². The summed E-state index contributed by atoms with van der Waals surface area (Å²) in [5.74, 6) is 0.572. The van der Waals surface area contributed by atoms with Crippen LogP contribution in [0.15, 0.2) is 58.8 Å². The van der Waals surface area contributed by atoms with Crippen LogP contribution in [-0.4, -0.2) is 29.5 Å². The van der Waals surface area contributed by atoms with Crippen molar-refractivity contribution in [1.29, 1.82) is 0 Å². The molecule has 1 N–H and O–H groups in total. The van der Waals surface area contributed by atoms with Gasteiger partial charge in [-0.3, -0.25) is 14.0 Å². The van der Waals surface area contributed by atoms with E-state index in [1.165, 1.54) is 29.0 Å². The first-order valence-electron chi connectivity index (χ1n) is 8.80. The number of anilines is 1. The van der Waals surface area contributed by atoms with Crippen LogP contribution in [0.25, 0.3) is 16.2 Å². The highest BCUT2D eigenvalue weighted by atomic mass is 35.5. The molecule has 9 heteroatoms. The van der Waals surface area contributed by atoms with Gasteiger partial charge in [0.1, 0.15) is 17.1 Å². The summed E-state index contributed by atoms with van der Waals surface area (Å²) in [7, 11) is 3.08. The molecule has 0 unspecified atom stereocenters. The van der Waals surface area contributed by atoms with Crippen molar-refractivity contribution >= 4 is 39.5 Å². The maximum atomic E-state index is 13.1. The van der Waals surface area contributed by atoms with Crippen molar-refractivity contribution in [2.45, 2.75) is 0 Å². The predicted molar refractivity (Wildman–Crippen MR) is 117 cm³/mol. The summed E-state index contributed by atoms with van der Waals surface area (Å²) in [5, 5.41) is 4.85. The van der Waals surface area contributed by atoms with Gasteiger partial charge in [-0.05, 0) is 30.3 Å². The number of fused-ring (bicyclic) bond motifs is 1. The number of hydrogen-bond acceptors (Lipinski definition) is 6. The second-order valence-electron chi connectivity index (χ2n) is 6.25. The van der Waals surface area contributed by atoms with Crippen LogP contribution in [-0.2, 0) is 0 Å². The van der Waals surface area contributed by atoms with Gasteiger partial charge in [-0.1, -0.05) is 23.7 Å².